The number of alkyl halides is 3. The minimum atomic E-state index is -4.75. The zero-order valence-corrected chi connectivity index (χ0v) is 11.4. The average Bonchev–Trinajstić information content (AvgIpc) is 2.51. The molecule has 2 atom stereocenters. The molecule has 1 saturated carbocycles. The van der Waals surface area contributed by atoms with Crippen LogP contribution in [-0.4, -0.2) is 11.5 Å². The van der Waals surface area contributed by atoms with Gasteiger partial charge in [0.15, 0.2) is 0 Å². The highest BCUT2D eigenvalue weighted by molar-refractivity contribution is 5.38. The van der Waals surface area contributed by atoms with Gasteiger partial charge in [-0.25, -0.2) is 0 Å². The van der Waals surface area contributed by atoms with E-state index >= 15 is 0 Å². The van der Waals surface area contributed by atoms with Crippen LogP contribution in [0.15, 0.2) is 24.3 Å². The van der Waals surface area contributed by atoms with E-state index in [4.69, 9.17) is 0 Å². The van der Waals surface area contributed by atoms with Gasteiger partial charge in [0, 0.05) is 5.56 Å². The number of halogens is 3. The van der Waals surface area contributed by atoms with Crippen molar-refractivity contribution in [1.82, 2.24) is 0 Å². The maximum atomic E-state index is 12.5. The molecule has 0 aromatic heterocycles. The molecule has 112 valence electrons. The van der Waals surface area contributed by atoms with Crippen LogP contribution in [0.25, 0.3) is 0 Å². The first-order valence-electron chi connectivity index (χ1n) is 6.88. The molecule has 1 aliphatic rings. The van der Waals surface area contributed by atoms with Gasteiger partial charge >= 0.3 is 6.36 Å². The summed E-state index contributed by atoms with van der Waals surface area (Å²) in [5.41, 5.74) is -0.987. The van der Waals surface area contributed by atoms with E-state index in [-0.39, 0.29) is 11.3 Å². The number of aliphatic hydroxyl groups is 1. The third-order valence-corrected chi connectivity index (χ3v) is 3.95. The summed E-state index contributed by atoms with van der Waals surface area (Å²) < 4.78 is 41.4. The standard InChI is InChI=1S/C15H19F3O2/c1-11-5-4-9-14(19,10-8-11)12-6-2-3-7-13(12)20-15(16,17)18/h2-3,6-7,11,19H,4-5,8-10H2,1H3. The Labute approximate surface area is 116 Å². The molecule has 1 fully saturated rings. The first-order chi connectivity index (χ1) is 9.30. The molecule has 0 heterocycles. The summed E-state index contributed by atoms with van der Waals surface area (Å²) in [5, 5.41) is 10.8. The second-order valence-electron chi connectivity index (χ2n) is 5.61. The van der Waals surface area contributed by atoms with E-state index in [1.54, 1.807) is 6.07 Å². The lowest BCUT2D eigenvalue weighted by atomic mass is 9.85. The minimum Gasteiger partial charge on any atom is -0.405 e. The Balaban J connectivity index is 2.31. The Morgan fingerprint density at radius 1 is 1.20 bits per heavy atom. The van der Waals surface area contributed by atoms with Gasteiger partial charge in [-0.15, -0.1) is 13.2 Å². The zero-order valence-electron chi connectivity index (χ0n) is 11.4. The van der Waals surface area contributed by atoms with Crippen LogP contribution in [-0.2, 0) is 5.60 Å². The highest BCUT2D eigenvalue weighted by Gasteiger charge is 2.38. The highest BCUT2D eigenvalue weighted by Crippen LogP contribution is 2.42. The minimum absolute atomic E-state index is 0.242. The molecule has 2 rings (SSSR count). The van der Waals surface area contributed by atoms with Crippen LogP contribution < -0.4 is 4.74 Å². The summed E-state index contributed by atoms with van der Waals surface area (Å²) in [4.78, 5) is 0. The van der Waals surface area contributed by atoms with Crippen LogP contribution in [0.1, 0.15) is 44.6 Å². The number of hydrogen-bond acceptors (Lipinski definition) is 2. The molecule has 0 spiro atoms. The molecule has 1 aliphatic carbocycles. The fourth-order valence-corrected chi connectivity index (χ4v) is 2.83. The summed E-state index contributed by atoms with van der Waals surface area (Å²) >= 11 is 0. The fourth-order valence-electron chi connectivity index (χ4n) is 2.83. The van der Waals surface area contributed by atoms with Crippen molar-refractivity contribution < 1.29 is 23.0 Å². The zero-order chi connectivity index (χ0) is 14.8. The number of ether oxygens (including phenoxy) is 1. The summed E-state index contributed by atoms with van der Waals surface area (Å²) in [6.45, 7) is 2.10. The maximum absolute atomic E-state index is 12.5. The predicted octanol–water partition coefficient (Wildman–Crippen LogP) is 4.37. The van der Waals surface area contributed by atoms with Crippen molar-refractivity contribution in [3.63, 3.8) is 0 Å². The smallest absolute Gasteiger partial charge is 0.405 e. The molecule has 20 heavy (non-hydrogen) atoms. The SMILES string of the molecule is CC1CCCC(O)(c2ccccc2OC(F)(F)F)CC1. The van der Waals surface area contributed by atoms with Gasteiger partial charge < -0.3 is 9.84 Å². The van der Waals surface area contributed by atoms with Crippen LogP contribution >= 0.6 is 0 Å². The average molecular weight is 288 g/mol. The molecular weight excluding hydrogens is 269 g/mol. The fraction of sp³-hybridized carbons (Fsp3) is 0.600. The number of hydrogen-bond donors (Lipinski definition) is 1. The van der Waals surface area contributed by atoms with Gasteiger partial charge in [-0.05, 0) is 37.7 Å². The van der Waals surface area contributed by atoms with Gasteiger partial charge in [-0.3, -0.25) is 0 Å². The number of rotatable bonds is 2. The van der Waals surface area contributed by atoms with E-state index in [1.807, 2.05) is 0 Å². The van der Waals surface area contributed by atoms with Gasteiger partial charge in [0.25, 0.3) is 0 Å². The Bertz CT molecular complexity index is 459. The van der Waals surface area contributed by atoms with Crippen molar-refractivity contribution in [1.29, 1.82) is 0 Å². The molecule has 1 N–H and O–H groups in total. The van der Waals surface area contributed by atoms with Crippen molar-refractivity contribution in [2.24, 2.45) is 5.92 Å². The van der Waals surface area contributed by atoms with Gasteiger partial charge in [0.1, 0.15) is 5.75 Å². The summed E-state index contributed by atoms with van der Waals surface area (Å²) in [7, 11) is 0. The third kappa shape index (κ3) is 3.66. The molecule has 2 unspecified atom stereocenters. The van der Waals surface area contributed by atoms with E-state index in [1.165, 1.54) is 18.2 Å². The van der Waals surface area contributed by atoms with Crippen molar-refractivity contribution in [2.45, 2.75) is 51.0 Å². The van der Waals surface area contributed by atoms with Crippen LogP contribution in [0.3, 0.4) is 0 Å². The van der Waals surface area contributed by atoms with Crippen molar-refractivity contribution in [3.8, 4) is 5.75 Å². The van der Waals surface area contributed by atoms with Gasteiger partial charge in [-0.1, -0.05) is 31.5 Å². The lowest BCUT2D eigenvalue weighted by Crippen LogP contribution is -2.27. The molecular formula is C15H19F3O2. The van der Waals surface area contributed by atoms with E-state index < -0.39 is 12.0 Å². The van der Waals surface area contributed by atoms with E-state index in [0.29, 0.717) is 18.8 Å². The van der Waals surface area contributed by atoms with Crippen molar-refractivity contribution in [3.05, 3.63) is 29.8 Å². The van der Waals surface area contributed by atoms with Crippen LogP contribution in [0, 0.1) is 5.92 Å². The Morgan fingerprint density at radius 2 is 1.90 bits per heavy atom. The lowest BCUT2D eigenvalue weighted by Gasteiger charge is -2.29. The molecule has 5 heteroatoms. The summed E-state index contributed by atoms with van der Waals surface area (Å²) in [6, 6.07) is 5.89. The molecule has 1 aromatic carbocycles. The Morgan fingerprint density at radius 3 is 2.60 bits per heavy atom. The second kappa shape index (κ2) is 5.64. The van der Waals surface area contributed by atoms with Gasteiger partial charge in [-0.2, -0.15) is 0 Å². The number of benzene rings is 1. The Hall–Kier alpha value is -1.23. The summed E-state index contributed by atoms with van der Waals surface area (Å²) in [5.74, 6) is 0.191. The molecule has 2 nitrogen and oxygen atoms in total. The third-order valence-electron chi connectivity index (χ3n) is 3.95. The van der Waals surface area contributed by atoms with E-state index in [0.717, 1.165) is 19.3 Å². The van der Waals surface area contributed by atoms with Crippen LogP contribution in [0.4, 0.5) is 13.2 Å². The topological polar surface area (TPSA) is 29.5 Å². The van der Waals surface area contributed by atoms with Crippen molar-refractivity contribution in [2.75, 3.05) is 0 Å². The van der Waals surface area contributed by atoms with Crippen molar-refractivity contribution >= 4 is 0 Å². The monoisotopic (exact) mass is 288 g/mol. The first kappa shape index (κ1) is 15.2. The van der Waals surface area contributed by atoms with Crippen LogP contribution in [0.2, 0.25) is 0 Å². The first-order valence-corrected chi connectivity index (χ1v) is 6.88. The van der Waals surface area contributed by atoms with Gasteiger partial charge in [0.05, 0.1) is 5.60 Å². The molecule has 1 aromatic rings. The predicted molar refractivity (Wildman–Crippen MR) is 69.3 cm³/mol. The quantitative estimate of drug-likeness (QED) is 0.819. The highest BCUT2D eigenvalue weighted by atomic mass is 19.4. The van der Waals surface area contributed by atoms with Crippen LogP contribution in [0.5, 0.6) is 5.75 Å². The largest absolute Gasteiger partial charge is 0.573 e. The molecule has 0 amide bonds. The molecule has 0 radical (unpaired) electrons. The Kier molecular flexibility index (Phi) is 4.28. The second-order valence-corrected chi connectivity index (χ2v) is 5.61. The lowest BCUT2D eigenvalue weighted by molar-refractivity contribution is -0.275. The van der Waals surface area contributed by atoms with E-state index in [9.17, 15) is 18.3 Å². The van der Waals surface area contributed by atoms with Gasteiger partial charge in [0.2, 0.25) is 0 Å². The molecule has 0 aliphatic heterocycles. The number of para-hydroxylation sites is 1. The molecule has 0 bridgehead atoms. The molecule has 0 saturated heterocycles. The maximum Gasteiger partial charge on any atom is 0.573 e. The summed E-state index contributed by atoms with van der Waals surface area (Å²) in [6.07, 6.45) is -1.22. The normalized spacial score (nSPS) is 27.9. The van der Waals surface area contributed by atoms with E-state index in [2.05, 4.69) is 11.7 Å².